The fraction of sp³-hybridized carbons (Fsp3) is 0.190. The van der Waals surface area contributed by atoms with Gasteiger partial charge in [-0.2, -0.15) is 0 Å². The molecular formula is C21H19FN2O3S. The average molecular weight is 398 g/mol. The molecule has 0 saturated carbocycles. The number of aromatic nitrogens is 1. The van der Waals surface area contributed by atoms with E-state index in [9.17, 15) is 14.0 Å². The van der Waals surface area contributed by atoms with E-state index < -0.39 is 17.8 Å². The maximum absolute atomic E-state index is 13.6. The number of nitrogens with one attached hydrogen (secondary N) is 1. The van der Waals surface area contributed by atoms with Gasteiger partial charge in [0.25, 0.3) is 5.91 Å². The lowest BCUT2D eigenvalue weighted by molar-refractivity contribution is -0.122. The number of anilines is 1. The predicted molar refractivity (Wildman–Crippen MR) is 107 cm³/mol. The summed E-state index contributed by atoms with van der Waals surface area (Å²) in [5, 5.41) is 3.26. The van der Waals surface area contributed by atoms with E-state index in [1.807, 2.05) is 19.1 Å². The minimum absolute atomic E-state index is 0.00380. The lowest BCUT2D eigenvalue weighted by Gasteiger charge is -2.15. The van der Waals surface area contributed by atoms with Gasteiger partial charge in [0.2, 0.25) is 0 Å². The van der Waals surface area contributed by atoms with Gasteiger partial charge in [0.05, 0.1) is 16.3 Å². The predicted octanol–water partition coefficient (Wildman–Crippen LogP) is 4.87. The van der Waals surface area contributed by atoms with Crippen molar-refractivity contribution in [1.82, 2.24) is 4.98 Å². The van der Waals surface area contributed by atoms with Crippen molar-refractivity contribution in [3.05, 3.63) is 64.9 Å². The van der Waals surface area contributed by atoms with Crippen molar-refractivity contribution in [2.75, 3.05) is 5.32 Å². The van der Waals surface area contributed by atoms with Gasteiger partial charge in [0.1, 0.15) is 16.6 Å². The molecule has 0 fully saturated rings. The zero-order chi connectivity index (χ0) is 20.3. The van der Waals surface area contributed by atoms with Crippen LogP contribution in [0, 0.1) is 12.7 Å². The molecule has 7 heteroatoms. The van der Waals surface area contributed by atoms with Crippen molar-refractivity contribution in [3.8, 4) is 16.3 Å². The molecule has 0 unspecified atom stereocenters. The number of hydrogen-bond donors (Lipinski definition) is 1. The van der Waals surface area contributed by atoms with Crippen molar-refractivity contribution >= 4 is 28.7 Å². The Morgan fingerprint density at radius 3 is 2.43 bits per heavy atom. The third-order valence-electron chi connectivity index (χ3n) is 4.03. The molecule has 0 spiro atoms. The van der Waals surface area contributed by atoms with E-state index >= 15 is 0 Å². The monoisotopic (exact) mass is 398 g/mol. The summed E-state index contributed by atoms with van der Waals surface area (Å²) in [4.78, 5) is 28.9. The summed E-state index contributed by atoms with van der Waals surface area (Å²) in [5.41, 5.74) is 1.68. The minimum Gasteiger partial charge on any atom is -0.481 e. The molecule has 0 bridgehead atoms. The van der Waals surface area contributed by atoms with Crippen LogP contribution in [-0.2, 0) is 4.79 Å². The number of ether oxygens (including phenoxy) is 1. The maximum Gasteiger partial charge on any atom is 0.265 e. The van der Waals surface area contributed by atoms with Crippen molar-refractivity contribution in [1.29, 1.82) is 0 Å². The second kappa shape index (κ2) is 8.31. The Morgan fingerprint density at radius 2 is 1.82 bits per heavy atom. The number of carbonyl (C=O) groups is 2. The molecule has 3 aromatic rings. The summed E-state index contributed by atoms with van der Waals surface area (Å²) in [6, 6.07) is 13.0. The van der Waals surface area contributed by atoms with Crippen LogP contribution in [0.4, 0.5) is 10.1 Å². The van der Waals surface area contributed by atoms with E-state index in [0.29, 0.717) is 16.3 Å². The van der Waals surface area contributed by atoms with Gasteiger partial charge < -0.3 is 10.1 Å². The Balaban J connectivity index is 1.67. The molecule has 144 valence electrons. The summed E-state index contributed by atoms with van der Waals surface area (Å²) in [6.45, 7) is 4.92. The van der Waals surface area contributed by atoms with E-state index in [1.165, 1.54) is 30.4 Å². The van der Waals surface area contributed by atoms with E-state index in [1.54, 1.807) is 31.2 Å². The van der Waals surface area contributed by atoms with Crippen LogP contribution in [0.5, 0.6) is 5.75 Å². The van der Waals surface area contributed by atoms with Gasteiger partial charge in [-0.05, 0) is 50.2 Å². The molecule has 0 radical (unpaired) electrons. The zero-order valence-corrected chi connectivity index (χ0v) is 16.5. The molecule has 1 amide bonds. The summed E-state index contributed by atoms with van der Waals surface area (Å²) < 4.78 is 19.3. The summed E-state index contributed by atoms with van der Waals surface area (Å²) in [6.07, 6.45) is -0.808. The molecule has 0 aliphatic heterocycles. The second-order valence-electron chi connectivity index (χ2n) is 6.24. The number of benzene rings is 2. The summed E-state index contributed by atoms with van der Waals surface area (Å²) in [7, 11) is 0. The Morgan fingerprint density at radius 1 is 1.14 bits per heavy atom. The van der Waals surface area contributed by atoms with Gasteiger partial charge in [0, 0.05) is 12.5 Å². The largest absolute Gasteiger partial charge is 0.481 e. The number of hydrogen-bond acceptors (Lipinski definition) is 5. The Bertz CT molecular complexity index is 1010. The number of para-hydroxylation sites is 1. The highest BCUT2D eigenvalue weighted by Crippen LogP contribution is 2.29. The first-order chi connectivity index (χ1) is 13.3. The number of Topliss-reactive ketones (excluding diaryl/α,β-unsaturated/α-hetero) is 1. The first-order valence-electron chi connectivity index (χ1n) is 8.66. The van der Waals surface area contributed by atoms with Crippen LogP contribution >= 0.6 is 11.3 Å². The van der Waals surface area contributed by atoms with Gasteiger partial charge in [0.15, 0.2) is 11.9 Å². The second-order valence-corrected chi connectivity index (χ2v) is 7.24. The standard InChI is InChI=1S/C21H19FN2O3S/c1-12-19(13(2)25)28-21(23-12)15-8-10-16(11-9-15)27-14(3)20(26)24-18-7-5-4-6-17(18)22/h4-11,14H,1-3H3,(H,24,26)/t14-/m0/s1. The lowest BCUT2D eigenvalue weighted by Crippen LogP contribution is -2.30. The molecule has 1 heterocycles. The van der Waals surface area contributed by atoms with E-state index in [2.05, 4.69) is 10.3 Å². The SMILES string of the molecule is CC(=O)c1sc(-c2ccc(O[C@@H](C)C(=O)Nc3ccccc3F)cc2)nc1C. The van der Waals surface area contributed by atoms with Gasteiger partial charge in [-0.15, -0.1) is 11.3 Å². The van der Waals surface area contributed by atoms with Crippen molar-refractivity contribution < 1.29 is 18.7 Å². The molecule has 0 saturated heterocycles. The van der Waals surface area contributed by atoms with Crippen LogP contribution in [0.1, 0.15) is 29.2 Å². The number of ketones is 1. The number of carbonyl (C=O) groups excluding carboxylic acids is 2. The third-order valence-corrected chi connectivity index (χ3v) is 5.34. The first kappa shape index (κ1) is 19.7. The molecule has 0 aliphatic rings. The minimum atomic E-state index is -0.808. The van der Waals surface area contributed by atoms with E-state index in [-0.39, 0.29) is 11.5 Å². The highest BCUT2D eigenvalue weighted by molar-refractivity contribution is 7.17. The molecule has 1 aromatic heterocycles. The molecule has 1 N–H and O–H groups in total. The van der Waals surface area contributed by atoms with Crippen LogP contribution in [0.15, 0.2) is 48.5 Å². The van der Waals surface area contributed by atoms with E-state index in [0.717, 1.165) is 10.6 Å². The van der Waals surface area contributed by atoms with Gasteiger partial charge in [-0.1, -0.05) is 12.1 Å². The number of amides is 1. The number of nitrogens with zero attached hydrogens (tertiary/aromatic N) is 1. The van der Waals surface area contributed by atoms with Crippen LogP contribution in [0.3, 0.4) is 0 Å². The fourth-order valence-corrected chi connectivity index (χ4v) is 3.54. The summed E-state index contributed by atoms with van der Waals surface area (Å²) in [5.74, 6) is -0.456. The fourth-order valence-electron chi connectivity index (χ4n) is 2.58. The van der Waals surface area contributed by atoms with Gasteiger partial charge in [-0.25, -0.2) is 9.37 Å². The first-order valence-corrected chi connectivity index (χ1v) is 9.47. The number of thiazole rings is 1. The smallest absolute Gasteiger partial charge is 0.265 e. The van der Waals surface area contributed by atoms with Crippen molar-refractivity contribution in [2.45, 2.75) is 26.9 Å². The van der Waals surface area contributed by atoms with Crippen molar-refractivity contribution in [2.24, 2.45) is 0 Å². The highest BCUT2D eigenvalue weighted by atomic mass is 32.1. The summed E-state index contributed by atoms with van der Waals surface area (Å²) >= 11 is 1.35. The molecule has 5 nitrogen and oxygen atoms in total. The molecule has 1 atom stereocenters. The quantitative estimate of drug-likeness (QED) is 0.602. The van der Waals surface area contributed by atoms with Gasteiger partial charge >= 0.3 is 0 Å². The topological polar surface area (TPSA) is 68.3 Å². The molecular weight excluding hydrogens is 379 g/mol. The Labute approximate surface area is 166 Å². The Hall–Kier alpha value is -3.06. The number of aryl methyl sites for hydroxylation is 1. The van der Waals surface area contributed by atoms with Crippen LogP contribution in [-0.4, -0.2) is 22.8 Å². The van der Waals surface area contributed by atoms with Crippen LogP contribution in [0.25, 0.3) is 10.6 Å². The lowest BCUT2D eigenvalue weighted by atomic mass is 10.2. The van der Waals surface area contributed by atoms with Crippen LogP contribution in [0.2, 0.25) is 0 Å². The Kier molecular flexibility index (Phi) is 5.84. The van der Waals surface area contributed by atoms with E-state index in [4.69, 9.17) is 4.74 Å². The number of halogens is 1. The van der Waals surface area contributed by atoms with Crippen LogP contribution < -0.4 is 10.1 Å². The molecule has 0 aliphatic carbocycles. The zero-order valence-electron chi connectivity index (χ0n) is 15.7. The number of rotatable bonds is 6. The maximum atomic E-state index is 13.6. The molecule has 2 aromatic carbocycles. The third kappa shape index (κ3) is 4.43. The average Bonchev–Trinajstić information content (AvgIpc) is 3.06. The highest BCUT2D eigenvalue weighted by Gasteiger charge is 2.17. The molecule has 28 heavy (non-hydrogen) atoms. The van der Waals surface area contributed by atoms with Crippen molar-refractivity contribution in [3.63, 3.8) is 0 Å². The van der Waals surface area contributed by atoms with Gasteiger partial charge in [-0.3, -0.25) is 9.59 Å². The molecule has 3 rings (SSSR count). The normalized spacial score (nSPS) is 11.7.